The normalized spacial score (nSPS) is 17.4. The molecular weight excluding hydrogens is 371 g/mol. The van der Waals surface area contributed by atoms with Crippen LogP contribution in [0.15, 0.2) is 54.7 Å². The number of hydrogen-bond acceptors (Lipinski definition) is 0. The maximum atomic E-state index is 2.27. The summed E-state index contributed by atoms with van der Waals surface area (Å²) in [5, 5.41) is 0. The van der Waals surface area contributed by atoms with Gasteiger partial charge in [-0.15, -0.1) is 0 Å². The summed E-state index contributed by atoms with van der Waals surface area (Å²) in [7, 11) is 0. The second kappa shape index (κ2) is 4.73. The van der Waals surface area contributed by atoms with E-state index >= 15 is 0 Å². The first-order valence-corrected chi connectivity index (χ1v) is 7.72. The van der Waals surface area contributed by atoms with Crippen LogP contribution in [0.2, 0.25) is 0 Å². The van der Waals surface area contributed by atoms with Crippen LogP contribution in [-0.4, -0.2) is 0 Å². The van der Waals surface area contributed by atoms with Crippen LogP contribution in [0, 0.1) is 0 Å². The molecule has 0 amide bonds. The SMILES string of the molecule is [H-].[Hf][c]1cccc(C2=CC=CC2)c1C1=CC=CC1. The molecule has 1 aromatic carbocycles. The van der Waals surface area contributed by atoms with E-state index in [1.54, 1.807) is 0 Å². The average Bonchev–Trinajstić information content (AvgIpc) is 3.02. The predicted molar refractivity (Wildman–Crippen MR) is 70.7 cm³/mol. The van der Waals surface area contributed by atoms with E-state index in [1.807, 2.05) is 0 Å². The van der Waals surface area contributed by atoms with E-state index < -0.39 is 0 Å². The van der Waals surface area contributed by atoms with Crippen LogP contribution in [0.3, 0.4) is 0 Å². The standard InChI is InChI=1S/C16H13.Hf.H/c1-2-8-13(7-1)15-11-5-6-12-16(15)14-9-3-4-10-14;;/h1-7,9,11H,8,10H2;;/q;;-1. The summed E-state index contributed by atoms with van der Waals surface area (Å²) in [4.78, 5) is 0. The molecule has 1 heteroatoms. The molecule has 0 nitrogen and oxygen atoms in total. The van der Waals surface area contributed by atoms with Gasteiger partial charge in [-0.2, -0.15) is 0 Å². The Kier molecular flexibility index (Phi) is 3.11. The third kappa shape index (κ3) is 2.09. The van der Waals surface area contributed by atoms with E-state index in [0.717, 1.165) is 37.2 Å². The van der Waals surface area contributed by atoms with E-state index in [2.05, 4.69) is 54.7 Å². The molecule has 2 aliphatic carbocycles. The summed E-state index contributed by atoms with van der Waals surface area (Å²) >= 11 is 1.11. The summed E-state index contributed by atoms with van der Waals surface area (Å²) in [5.41, 5.74) is 5.89. The van der Waals surface area contributed by atoms with Gasteiger partial charge in [-0.25, -0.2) is 0 Å². The van der Waals surface area contributed by atoms with Crippen molar-refractivity contribution in [3.8, 4) is 0 Å². The topological polar surface area (TPSA) is 0 Å². The van der Waals surface area contributed by atoms with Gasteiger partial charge >= 0.3 is 117 Å². The first-order valence-electron chi connectivity index (χ1n) is 5.93. The fraction of sp³-hybridized carbons (Fsp3) is 0.125. The molecule has 0 spiro atoms. The average molecular weight is 385 g/mol. The molecule has 0 radical (unpaired) electrons. The Labute approximate surface area is 118 Å². The molecule has 0 bridgehead atoms. The minimum atomic E-state index is 0. The van der Waals surface area contributed by atoms with Gasteiger partial charge < -0.3 is 1.43 Å². The maximum absolute atomic E-state index is 2.27. The van der Waals surface area contributed by atoms with Crippen LogP contribution in [0.1, 0.15) is 25.4 Å². The van der Waals surface area contributed by atoms with Crippen molar-refractivity contribution < 1.29 is 25.8 Å². The molecule has 3 rings (SSSR count). The zero-order valence-electron chi connectivity index (χ0n) is 10.6. The fourth-order valence-corrected chi connectivity index (χ4v) is 3.85. The molecule has 83 valence electrons. The van der Waals surface area contributed by atoms with Crippen LogP contribution in [0.5, 0.6) is 0 Å². The third-order valence-electron chi connectivity index (χ3n) is 3.27. The summed E-state index contributed by atoms with van der Waals surface area (Å²) in [5.74, 6) is 0. The Morgan fingerprint density at radius 1 is 0.941 bits per heavy atom. The van der Waals surface area contributed by atoms with E-state index in [4.69, 9.17) is 0 Å². The Balaban J connectivity index is 0.00000120. The summed E-state index contributed by atoms with van der Waals surface area (Å²) in [6, 6.07) is 6.74. The van der Waals surface area contributed by atoms with Crippen LogP contribution >= 0.6 is 0 Å². The molecule has 0 atom stereocenters. The summed E-state index contributed by atoms with van der Waals surface area (Å²) in [6.45, 7) is 0. The molecule has 0 heterocycles. The monoisotopic (exact) mass is 386 g/mol. The van der Waals surface area contributed by atoms with Crippen LogP contribution < -0.4 is 3.32 Å². The van der Waals surface area contributed by atoms with Crippen molar-refractivity contribution in [3.63, 3.8) is 0 Å². The van der Waals surface area contributed by atoms with Gasteiger partial charge in [0.05, 0.1) is 0 Å². The van der Waals surface area contributed by atoms with Gasteiger partial charge in [0.15, 0.2) is 0 Å². The van der Waals surface area contributed by atoms with E-state index in [1.165, 1.54) is 25.6 Å². The van der Waals surface area contributed by atoms with Gasteiger partial charge in [-0.1, -0.05) is 0 Å². The molecule has 0 N–H and O–H groups in total. The third-order valence-corrected chi connectivity index (χ3v) is 4.77. The van der Waals surface area contributed by atoms with Gasteiger partial charge in [0, 0.05) is 0 Å². The van der Waals surface area contributed by atoms with Crippen LogP contribution in [0.25, 0.3) is 11.1 Å². The van der Waals surface area contributed by atoms with Crippen LogP contribution in [0.4, 0.5) is 0 Å². The Morgan fingerprint density at radius 2 is 1.65 bits per heavy atom. The van der Waals surface area contributed by atoms with Crippen molar-refractivity contribution in [2.24, 2.45) is 0 Å². The molecule has 0 unspecified atom stereocenters. The van der Waals surface area contributed by atoms with Crippen molar-refractivity contribution in [1.82, 2.24) is 0 Å². The molecule has 0 aromatic heterocycles. The number of hydrogen-bond donors (Lipinski definition) is 0. The first kappa shape index (κ1) is 11.2. The van der Waals surface area contributed by atoms with Crippen molar-refractivity contribution in [1.29, 1.82) is 0 Å². The fourth-order valence-electron chi connectivity index (χ4n) is 2.45. The molecule has 1 aromatic rings. The molecule has 0 saturated heterocycles. The van der Waals surface area contributed by atoms with Gasteiger partial charge in [-0.05, 0) is 0 Å². The van der Waals surface area contributed by atoms with Gasteiger partial charge in [0.1, 0.15) is 0 Å². The number of allylic oxidation sites excluding steroid dienone is 8. The molecule has 17 heavy (non-hydrogen) atoms. The Bertz CT molecular complexity index is 577. The first-order chi connectivity index (χ1) is 8.36. The van der Waals surface area contributed by atoms with E-state index in [0.29, 0.717) is 0 Å². The number of benzene rings is 1. The van der Waals surface area contributed by atoms with Crippen molar-refractivity contribution in [2.75, 3.05) is 0 Å². The Hall–Kier alpha value is -0.950. The predicted octanol–water partition coefficient (Wildman–Crippen LogP) is 3.66. The van der Waals surface area contributed by atoms with Gasteiger partial charge in [-0.3, -0.25) is 0 Å². The van der Waals surface area contributed by atoms with Crippen molar-refractivity contribution in [3.05, 3.63) is 65.8 Å². The number of rotatable bonds is 2. The van der Waals surface area contributed by atoms with Crippen LogP contribution in [-0.2, 0) is 24.4 Å². The molecule has 0 fully saturated rings. The quantitative estimate of drug-likeness (QED) is 0.683. The molecular formula is C16H14Hf-. The molecule has 2 aliphatic rings. The zero-order valence-corrected chi connectivity index (χ0v) is 13.2. The summed E-state index contributed by atoms with van der Waals surface area (Å²) in [6.07, 6.45) is 15.5. The van der Waals surface area contributed by atoms with E-state index in [-0.39, 0.29) is 1.43 Å². The minimum absolute atomic E-state index is 0. The summed E-state index contributed by atoms with van der Waals surface area (Å²) < 4.78 is 1.52. The van der Waals surface area contributed by atoms with Gasteiger partial charge in [0.2, 0.25) is 0 Å². The van der Waals surface area contributed by atoms with Crippen molar-refractivity contribution in [2.45, 2.75) is 12.8 Å². The van der Waals surface area contributed by atoms with E-state index in [9.17, 15) is 0 Å². The molecule has 0 aliphatic heterocycles. The second-order valence-electron chi connectivity index (χ2n) is 4.38. The Morgan fingerprint density at radius 3 is 2.29 bits per heavy atom. The second-order valence-corrected chi connectivity index (χ2v) is 6.31. The molecule has 0 saturated carbocycles. The van der Waals surface area contributed by atoms with Crippen molar-refractivity contribution >= 4 is 14.5 Å². The van der Waals surface area contributed by atoms with Gasteiger partial charge in [0.25, 0.3) is 0 Å². The zero-order chi connectivity index (χ0) is 11.7.